The number of aromatic nitrogens is 3. The maximum atomic E-state index is 12.5. The number of nitrogens with zero attached hydrogens (tertiary/aromatic N) is 4. The van der Waals surface area contributed by atoms with Gasteiger partial charge in [-0.3, -0.25) is 14.3 Å². The summed E-state index contributed by atoms with van der Waals surface area (Å²) in [5.41, 5.74) is 1.87. The van der Waals surface area contributed by atoms with Crippen molar-refractivity contribution < 1.29 is 14.3 Å². The van der Waals surface area contributed by atoms with Crippen LogP contribution in [0.15, 0.2) is 29.3 Å². The number of benzene rings is 1. The molecule has 3 rings (SSSR count). The van der Waals surface area contributed by atoms with Crippen molar-refractivity contribution in [1.82, 2.24) is 14.3 Å². The Bertz CT molecular complexity index is 1040. The second-order valence-electron chi connectivity index (χ2n) is 5.60. The zero-order valence-electron chi connectivity index (χ0n) is 14.5. The number of carbonyl (C=O) groups excluding carboxylic acids is 2. The fraction of sp³-hybridized carbons (Fsp3) is 0.294. The molecule has 2 heterocycles. The molecule has 3 aromatic rings. The molecule has 1 aromatic carbocycles. The number of fused-ring (bicyclic) bond motifs is 1. The van der Waals surface area contributed by atoms with E-state index in [9.17, 15) is 9.59 Å². The quantitative estimate of drug-likeness (QED) is 0.639. The summed E-state index contributed by atoms with van der Waals surface area (Å²) in [6.07, 6.45) is 0. The average molecular weight is 393 g/mol. The van der Waals surface area contributed by atoms with Gasteiger partial charge in [0.05, 0.1) is 16.8 Å². The van der Waals surface area contributed by atoms with Gasteiger partial charge in [0.2, 0.25) is 0 Å². The highest BCUT2D eigenvalue weighted by Gasteiger charge is 2.15. The van der Waals surface area contributed by atoms with Gasteiger partial charge in [0, 0.05) is 17.8 Å². The zero-order chi connectivity index (χ0) is 18.8. The van der Waals surface area contributed by atoms with E-state index in [0.717, 1.165) is 15.9 Å². The molecule has 0 spiro atoms. The van der Waals surface area contributed by atoms with Crippen LogP contribution in [0.2, 0.25) is 5.02 Å². The van der Waals surface area contributed by atoms with E-state index >= 15 is 0 Å². The number of rotatable bonds is 4. The number of halogens is 1. The van der Waals surface area contributed by atoms with Crippen molar-refractivity contribution in [2.24, 2.45) is 12.0 Å². The summed E-state index contributed by atoms with van der Waals surface area (Å²) in [6.45, 7) is 3.84. The summed E-state index contributed by atoms with van der Waals surface area (Å²) in [5.74, 6) is -0.867. The van der Waals surface area contributed by atoms with Crippen molar-refractivity contribution in [2.75, 3.05) is 6.61 Å². The Morgan fingerprint density at radius 2 is 2.12 bits per heavy atom. The summed E-state index contributed by atoms with van der Waals surface area (Å²) < 4.78 is 9.12. The summed E-state index contributed by atoms with van der Waals surface area (Å²) in [7, 11) is 1.76. The summed E-state index contributed by atoms with van der Waals surface area (Å²) >= 11 is 7.33. The number of carbonyl (C=O) groups is 2. The van der Waals surface area contributed by atoms with E-state index in [4.69, 9.17) is 16.3 Å². The third kappa shape index (κ3) is 3.71. The minimum absolute atomic E-state index is 0.0389. The minimum Gasteiger partial charge on any atom is -0.465 e. The lowest BCUT2D eigenvalue weighted by atomic mass is 10.3. The molecule has 26 heavy (non-hydrogen) atoms. The van der Waals surface area contributed by atoms with E-state index in [2.05, 4.69) is 10.1 Å². The minimum atomic E-state index is -0.469. The first kappa shape index (κ1) is 18.3. The monoisotopic (exact) mass is 392 g/mol. The first-order valence-electron chi connectivity index (χ1n) is 7.93. The number of thiazole rings is 1. The maximum Gasteiger partial charge on any atom is 0.326 e. The molecule has 0 fully saturated rings. The number of esters is 1. The van der Waals surface area contributed by atoms with Crippen molar-refractivity contribution >= 4 is 45.0 Å². The lowest BCUT2D eigenvalue weighted by Gasteiger charge is -2.05. The number of aryl methyl sites for hydroxylation is 2. The van der Waals surface area contributed by atoms with Gasteiger partial charge < -0.3 is 9.30 Å². The molecule has 9 heteroatoms. The predicted molar refractivity (Wildman–Crippen MR) is 99.3 cm³/mol. The van der Waals surface area contributed by atoms with E-state index in [1.807, 2.05) is 6.92 Å². The second kappa shape index (κ2) is 7.43. The van der Waals surface area contributed by atoms with Crippen LogP contribution in [-0.4, -0.2) is 32.8 Å². The van der Waals surface area contributed by atoms with Gasteiger partial charge in [-0.2, -0.15) is 10.1 Å². The molecular formula is C17H17ClN4O3S. The molecule has 0 aliphatic heterocycles. The van der Waals surface area contributed by atoms with Crippen LogP contribution in [0.5, 0.6) is 0 Å². The lowest BCUT2D eigenvalue weighted by molar-refractivity contribution is -0.143. The Hall–Kier alpha value is -2.45. The summed E-state index contributed by atoms with van der Waals surface area (Å²) in [5, 5.41) is 4.72. The molecule has 7 nitrogen and oxygen atoms in total. The van der Waals surface area contributed by atoms with E-state index < -0.39 is 11.9 Å². The van der Waals surface area contributed by atoms with E-state index in [1.54, 1.807) is 47.5 Å². The lowest BCUT2D eigenvalue weighted by Crippen LogP contribution is -2.23. The second-order valence-corrected chi connectivity index (χ2v) is 7.04. The molecule has 0 bridgehead atoms. The smallest absolute Gasteiger partial charge is 0.326 e. The van der Waals surface area contributed by atoms with Crippen LogP contribution in [0.1, 0.15) is 23.1 Å². The molecule has 1 amide bonds. The molecule has 0 unspecified atom stereocenters. The van der Waals surface area contributed by atoms with Crippen LogP contribution in [-0.2, 0) is 23.1 Å². The molecule has 0 aliphatic carbocycles. The Morgan fingerprint density at radius 3 is 2.77 bits per heavy atom. The largest absolute Gasteiger partial charge is 0.465 e. The SMILES string of the molecule is CCOC(=O)Cn1c(=NC(=O)c2cc(C)n(C)n2)sc2cc(Cl)ccc21. The fourth-order valence-electron chi connectivity index (χ4n) is 2.43. The standard InChI is InChI=1S/C17H17ClN4O3S/c1-4-25-15(23)9-22-13-6-5-11(18)8-14(13)26-17(22)19-16(24)12-7-10(2)21(3)20-12/h5-8H,4,9H2,1-3H3. The van der Waals surface area contributed by atoms with Crippen LogP contribution in [0.25, 0.3) is 10.2 Å². The van der Waals surface area contributed by atoms with Crippen molar-refractivity contribution in [3.05, 3.63) is 45.5 Å². The first-order chi connectivity index (χ1) is 12.4. The van der Waals surface area contributed by atoms with Crippen LogP contribution < -0.4 is 4.80 Å². The van der Waals surface area contributed by atoms with E-state index in [1.165, 1.54) is 11.3 Å². The Labute approximate surface area is 158 Å². The van der Waals surface area contributed by atoms with Crippen LogP contribution in [0, 0.1) is 6.92 Å². The summed E-state index contributed by atoms with van der Waals surface area (Å²) in [6, 6.07) is 6.97. The Morgan fingerprint density at radius 1 is 1.35 bits per heavy atom. The van der Waals surface area contributed by atoms with Crippen LogP contribution >= 0.6 is 22.9 Å². The third-order valence-corrected chi connectivity index (χ3v) is 5.04. The molecule has 0 saturated carbocycles. The van der Waals surface area contributed by atoms with Gasteiger partial charge in [0.15, 0.2) is 10.5 Å². The Kier molecular flexibility index (Phi) is 5.24. The molecule has 0 N–H and O–H groups in total. The van der Waals surface area contributed by atoms with Gasteiger partial charge in [0.25, 0.3) is 5.91 Å². The topological polar surface area (TPSA) is 78.5 Å². The third-order valence-electron chi connectivity index (χ3n) is 3.77. The van der Waals surface area contributed by atoms with Gasteiger partial charge in [-0.1, -0.05) is 22.9 Å². The normalized spacial score (nSPS) is 11.9. The number of amides is 1. The number of ether oxygens (including phenoxy) is 1. The van der Waals surface area contributed by atoms with Gasteiger partial charge in [0.1, 0.15) is 6.54 Å². The molecule has 136 valence electrons. The molecule has 0 saturated heterocycles. The predicted octanol–water partition coefficient (Wildman–Crippen LogP) is 2.70. The maximum absolute atomic E-state index is 12.5. The number of hydrogen-bond donors (Lipinski definition) is 0. The molecular weight excluding hydrogens is 376 g/mol. The van der Waals surface area contributed by atoms with Crippen molar-refractivity contribution in [1.29, 1.82) is 0 Å². The van der Waals surface area contributed by atoms with Gasteiger partial charge in [-0.05, 0) is 38.1 Å². The molecule has 0 atom stereocenters. The first-order valence-corrected chi connectivity index (χ1v) is 9.12. The van der Waals surface area contributed by atoms with Crippen LogP contribution in [0.3, 0.4) is 0 Å². The number of hydrogen-bond acceptors (Lipinski definition) is 5. The van der Waals surface area contributed by atoms with Crippen molar-refractivity contribution in [3.63, 3.8) is 0 Å². The molecule has 0 radical (unpaired) electrons. The summed E-state index contributed by atoms with van der Waals surface area (Å²) in [4.78, 5) is 29.0. The average Bonchev–Trinajstić information content (AvgIpc) is 3.08. The molecule has 0 aliphatic rings. The fourth-order valence-corrected chi connectivity index (χ4v) is 3.73. The van der Waals surface area contributed by atoms with Crippen molar-refractivity contribution in [3.8, 4) is 0 Å². The molecule has 2 aromatic heterocycles. The highest BCUT2D eigenvalue weighted by Crippen LogP contribution is 2.22. The van der Waals surface area contributed by atoms with Crippen LogP contribution in [0.4, 0.5) is 0 Å². The van der Waals surface area contributed by atoms with Gasteiger partial charge in [-0.25, -0.2) is 0 Å². The highest BCUT2D eigenvalue weighted by atomic mass is 35.5. The van der Waals surface area contributed by atoms with E-state index in [0.29, 0.717) is 9.82 Å². The zero-order valence-corrected chi connectivity index (χ0v) is 16.1. The van der Waals surface area contributed by atoms with Crippen molar-refractivity contribution in [2.45, 2.75) is 20.4 Å². The van der Waals surface area contributed by atoms with E-state index in [-0.39, 0.29) is 18.8 Å². The highest BCUT2D eigenvalue weighted by molar-refractivity contribution is 7.16. The van der Waals surface area contributed by atoms with Gasteiger partial charge in [-0.15, -0.1) is 0 Å². The Balaban J connectivity index is 2.10. The van der Waals surface area contributed by atoms with Gasteiger partial charge >= 0.3 is 5.97 Å².